The van der Waals surface area contributed by atoms with Crippen LogP contribution in [0.3, 0.4) is 0 Å². The molecule has 0 aliphatic rings. The second kappa shape index (κ2) is 10.6. The van der Waals surface area contributed by atoms with E-state index < -0.39 is 6.04 Å². The van der Waals surface area contributed by atoms with Crippen LogP contribution in [0.4, 0.5) is 0 Å². The summed E-state index contributed by atoms with van der Waals surface area (Å²) in [6.45, 7) is 0.411. The fourth-order valence-corrected chi connectivity index (χ4v) is 2.49. The number of amides is 1. The number of hydrogen-bond acceptors (Lipinski definition) is 6. The van der Waals surface area contributed by atoms with Gasteiger partial charge in [0, 0.05) is 23.6 Å². The number of benzene rings is 1. The number of thioether (sulfide) groups is 1. The molecule has 9 heteroatoms. The molecule has 1 aromatic heterocycles. The van der Waals surface area contributed by atoms with Gasteiger partial charge in [0.15, 0.2) is 0 Å². The zero-order valence-electron chi connectivity index (χ0n) is 13.2. The van der Waals surface area contributed by atoms with E-state index >= 15 is 0 Å². The van der Waals surface area contributed by atoms with Crippen molar-refractivity contribution < 1.29 is 9.32 Å². The fourth-order valence-electron chi connectivity index (χ4n) is 1.87. The molecule has 0 bridgehead atoms. The lowest BCUT2D eigenvalue weighted by Gasteiger charge is -2.10. The molecule has 24 heavy (non-hydrogen) atoms. The Hall–Kier alpha value is -1.28. The molecule has 0 unspecified atom stereocenters. The molecule has 0 fully saturated rings. The quantitative estimate of drug-likeness (QED) is 0.718. The molecule has 2 rings (SSSR count). The molecule has 0 radical (unpaired) electrons. The van der Waals surface area contributed by atoms with Crippen molar-refractivity contribution in [3.8, 4) is 11.4 Å². The topological polar surface area (TPSA) is 94.0 Å². The minimum absolute atomic E-state index is 0. The summed E-state index contributed by atoms with van der Waals surface area (Å²) in [7, 11) is 0. The Kier molecular flexibility index (Phi) is 9.13. The highest BCUT2D eigenvalue weighted by molar-refractivity contribution is 7.98. The Bertz CT molecular complexity index is 637. The van der Waals surface area contributed by atoms with Crippen molar-refractivity contribution in [1.82, 2.24) is 15.5 Å². The van der Waals surface area contributed by atoms with Crippen LogP contribution in [-0.2, 0) is 11.2 Å². The number of nitrogens with two attached hydrogens (primary N) is 1. The maximum Gasteiger partial charge on any atom is 0.236 e. The monoisotopic (exact) mass is 390 g/mol. The average Bonchev–Trinajstić information content (AvgIpc) is 3.02. The Morgan fingerprint density at radius 3 is 2.79 bits per heavy atom. The maximum absolute atomic E-state index is 11.8. The van der Waals surface area contributed by atoms with Crippen LogP contribution in [0, 0.1) is 0 Å². The highest BCUT2D eigenvalue weighted by Gasteiger charge is 2.13. The number of nitrogens with one attached hydrogen (secondary N) is 1. The van der Waals surface area contributed by atoms with Gasteiger partial charge in [0.2, 0.25) is 17.6 Å². The van der Waals surface area contributed by atoms with E-state index in [0.29, 0.717) is 36.1 Å². The van der Waals surface area contributed by atoms with Gasteiger partial charge in [-0.05, 0) is 42.7 Å². The number of carbonyl (C=O) groups is 1. The van der Waals surface area contributed by atoms with Crippen LogP contribution in [0.2, 0.25) is 5.02 Å². The summed E-state index contributed by atoms with van der Waals surface area (Å²) >= 11 is 7.51. The van der Waals surface area contributed by atoms with Gasteiger partial charge in [-0.15, -0.1) is 12.4 Å². The minimum Gasteiger partial charge on any atom is -0.354 e. The fraction of sp³-hybridized carbons (Fsp3) is 0.400. The van der Waals surface area contributed by atoms with Crippen LogP contribution in [0.1, 0.15) is 12.3 Å². The number of carbonyl (C=O) groups excluding carboxylic acids is 1. The maximum atomic E-state index is 11.8. The normalized spacial score (nSPS) is 11.6. The van der Waals surface area contributed by atoms with E-state index in [-0.39, 0.29) is 18.3 Å². The first-order valence-electron chi connectivity index (χ1n) is 7.21. The van der Waals surface area contributed by atoms with Crippen molar-refractivity contribution in [2.24, 2.45) is 5.73 Å². The molecule has 0 spiro atoms. The Morgan fingerprint density at radius 1 is 1.42 bits per heavy atom. The first-order valence-corrected chi connectivity index (χ1v) is 8.98. The molecule has 0 saturated heterocycles. The number of rotatable bonds is 8. The number of nitrogens with zero attached hydrogens (tertiary/aromatic N) is 2. The Labute approximate surface area is 156 Å². The Morgan fingerprint density at radius 2 is 2.12 bits per heavy atom. The summed E-state index contributed by atoms with van der Waals surface area (Å²) in [6.07, 6.45) is 3.11. The van der Waals surface area contributed by atoms with Crippen molar-refractivity contribution in [2.45, 2.75) is 18.9 Å². The van der Waals surface area contributed by atoms with Crippen molar-refractivity contribution in [2.75, 3.05) is 18.6 Å². The van der Waals surface area contributed by atoms with Crippen LogP contribution < -0.4 is 11.1 Å². The molecule has 1 aromatic carbocycles. The van der Waals surface area contributed by atoms with Gasteiger partial charge in [0.1, 0.15) is 0 Å². The van der Waals surface area contributed by atoms with Gasteiger partial charge in [0.25, 0.3) is 0 Å². The summed E-state index contributed by atoms with van der Waals surface area (Å²) in [6, 6.07) is 6.70. The van der Waals surface area contributed by atoms with Crippen LogP contribution in [0.25, 0.3) is 11.4 Å². The van der Waals surface area contributed by atoms with Crippen LogP contribution in [-0.4, -0.2) is 40.6 Å². The molecular weight excluding hydrogens is 371 g/mol. The summed E-state index contributed by atoms with van der Waals surface area (Å²) in [4.78, 5) is 16.1. The summed E-state index contributed by atoms with van der Waals surface area (Å²) in [5.41, 5.74) is 6.61. The van der Waals surface area contributed by atoms with E-state index in [2.05, 4.69) is 15.5 Å². The van der Waals surface area contributed by atoms with Crippen LogP contribution in [0.5, 0.6) is 0 Å². The molecule has 0 saturated carbocycles. The molecular formula is C15H20Cl2N4O2S. The van der Waals surface area contributed by atoms with Gasteiger partial charge in [-0.1, -0.05) is 16.8 Å². The predicted octanol–water partition coefficient (Wildman–Crippen LogP) is 2.55. The van der Waals surface area contributed by atoms with Crippen molar-refractivity contribution in [3.63, 3.8) is 0 Å². The van der Waals surface area contributed by atoms with Gasteiger partial charge in [-0.25, -0.2) is 0 Å². The van der Waals surface area contributed by atoms with Crippen LogP contribution in [0.15, 0.2) is 28.8 Å². The molecule has 132 valence electrons. The SMILES string of the molecule is CSCC[C@H](N)C(=O)NCCc1nc(-c2ccc(Cl)cc2)no1.Cl. The van der Waals surface area contributed by atoms with Crippen molar-refractivity contribution >= 4 is 41.7 Å². The van der Waals surface area contributed by atoms with Gasteiger partial charge in [-0.2, -0.15) is 16.7 Å². The summed E-state index contributed by atoms with van der Waals surface area (Å²) in [5.74, 6) is 1.67. The predicted molar refractivity (Wildman–Crippen MR) is 99.7 cm³/mol. The van der Waals surface area contributed by atoms with E-state index in [1.807, 2.05) is 18.4 Å². The lowest BCUT2D eigenvalue weighted by Crippen LogP contribution is -2.41. The zero-order valence-corrected chi connectivity index (χ0v) is 15.6. The largest absolute Gasteiger partial charge is 0.354 e. The van der Waals surface area contributed by atoms with Crippen molar-refractivity contribution in [1.29, 1.82) is 0 Å². The highest BCUT2D eigenvalue weighted by atomic mass is 35.5. The third kappa shape index (κ3) is 6.32. The summed E-state index contributed by atoms with van der Waals surface area (Å²) < 4.78 is 5.18. The lowest BCUT2D eigenvalue weighted by atomic mass is 10.2. The molecule has 3 N–H and O–H groups in total. The molecule has 1 atom stereocenters. The first kappa shape index (κ1) is 20.8. The number of aromatic nitrogens is 2. The highest BCUT2D eigenvalue weighted by Crippen LogP contribution is 2.18. The van der Waals surface area contributed by atoms with Gasteiger partial charge < -0.3 is 15.6 Å². The van der Waals surface area contributed by atoms with E-state index in [1.165, 1.54) is 0 Å². The number of hydrogen-bond donors (Lipinski definition) is 2. The minimum atomic E-state index is -0.477. The lowest BCUT2D eigenvalue weighted by molar-refractivity contribution is -0.122. The molecule has 6 nitrogen and oxygen atoms in total. The molecule has 2 aromatic rings. The third-order valence-corrected chi connectivity index (χ3v) is 4.07. The summed E-state index contributed by atoms with van der Waals surface area (Å²) in [5, 5.41) is 7.35. The zero-order chi connectivity index (χ0) is 16.7. The molecule has 1 heterocycles. The van der Waals surface area contributed by atoms with Gasteiger partial charge >= 0.3 is 0 Å². The van der Waals surface area contributed by atoms with Crippen LogP contribution >= 0.6 is 35.8 Å². The third-order valence-electron chi connectivity index (χ3n) is 3.18. The Balaban J connectivity index is 0.00000288. The van der Waals surface area contributed by atoms with Gasteiger partial charge in [0.05, 0.1) is 6.04 Å². The first-order chi connectivity index (χ1) is 11.1. The molecule has 0 aliphatic carbocycles. The van der Waals surface area contributed by atoms with E-state index in [9.17, 15) is 4.79 Å². The second-order valence-electron chi connectivity index (χ2n) is 4.95. The van der Waals surface area contributed by atoms with E-state index in [1.54, 1.807) is 23.9 Å². The van der Waals surface area contributed by atoms with E-state index in [4.69, 9.17) is 21.9 Å². The smallest absolute Gasteiger partial charge is 0.236 e. The molecule has 1 amide bonds. The standard InChI is InChI=1S/C15H19ClN4O2S.ClH/c1-23-9-7-12(17)15(21)18-8-6-13-19-14(20-22-13)10-2-4-11(16)5-3-10;/h2-5,12H,6-9,17H2,1H3,(H,18,21);1H/t12-;/m0./s1. The number of halogens is 2. The van der Waals surface area contributed by atoms with Crippen molar-refractivity contribution in [3.05, 3.63) is 35.2 Å². The van der Waals surface area contributed by atoms with Gasteiger partial charge in [-0.3, -0.25) is 4.79 Å². The van der Waals surface area contributed by atoms with E-state index in [0.717, 1.165) is 11.3 Å². The molecule has 0 aliphatic heterocycles. The second-order valence-corrected chi connectivity index (χ2v) is 6.37. The average molecular weight is 391 g/mol.